The van der Waals surface area contributed by atoms with Gasteiger partial charge in [-0.2, -0.15) is 13.2 Å². The first-order valence-corrected chi connectivity index (χ1v) is 5.80. The van der Waals surface area contributed by atoms with Crippen LogP contribution >= 0.6 is 23.2 Å². The summed E-state index contributed by atoms with van der Waals surface area (Å²) in [4.78, 5) is 13.9. The second-order valence-electron chi connectivity index (χ2n) is 3.72. The summed E-state index contributed by atoms with van der Waals surface area (Å²) in [6, 6.07) is 4.73. The molecule has 1 aromatic carbocycles. The van der Waals surface area contributed by atoms with Crippen LogP contribution in [0.5, 0.6) is 0 Å². The van der Waals surface area contributed by atoms with E-state index in [0.29, 0.717) is 0 Å². The Balaban J connectivity index is 2.78. The number of benzene rings is 1. The molecule has 1 aromatic heterocycles. The highest BCUT2D eigenvalue weighted by Crippen LogP contribution is 2.37. The monoisotopic (exact) mass is 307 g/mol. The summed E-state index contributed by atoms with van der Waals surface area (Å²) < 4.78 is 38.7. The van der Waals surface area contributed by atoms with Crippen LogP contribution in [-0.2, 0) is 6.18 Å². The summed E-state index contributed by atoms with van der Waals surface area (Å²) in [7, 11) is 0. The van der Waals surface area contributed by atoms with Crippen LogP contribution in [-0.4, -0.2) is 4.98 Å². The van der Waals surface area contributed by atoms with Crippen LogP contribution in [0.3, 0.4) is 0 Å². The Kier molecular flexibility index (Phi) is 3.60. The lowest BCUT2D eigenvalue weighted by molar-refractivity contribution is -0.137. The topological polar surface area (TPSA) is 32.9 Å². The number of nitrogens with one attached hydrogen (secondary N) is 1. The number of aromatic nitrogens is 1. The van der Waals surface area contributed by atoms with E-state index in [4.69, 9.17) is 23.2 Å². The van der Waals surface area contributed by atoms with Crippen molar-refractivity contribution in [2.24, 2.45) is 0 Å². The molecule has 0 aliphatic rings. The number of alkyl halides is 3. The number of rotatable bonds is 1. The van der Waals surface area contributed by atoms with E-state index in [2.05, 4.69) is 4.98 Å². The van der Waals surface area contributed by atoms with Crippen molar-refractivity contribution in [3.63, 3.8) is 0 Å². The fourth-order valence-corrected chi connectivity index (χ4v) is 2.18. The summed E-state index contributed by atoms with van der Waals surface area (Å²) in [6.07, 6.45) is -3.70. The highest BCUT2D eigenvalue weighted by molar-refractivity contribution is 6.36. The zero-order valence-corrected chi connectivity index (χ0v) is 10.7. The van der Waals surface area contributed by atoms with Gasteiger partial charge in [-0.3, -0.25) is 4.79 Å². The van der Waals surface area contributed by atoms with Crippen molar-refractivity contribution in [2.75, 3.05) is 0 Å². The van der Waals surface area contributed by atoms with Crippen LogP contribution in [0.15, 0.2) is 35.3 Å². The van der Waals surface area contributed by atoms with Crippen LogP contribution in [0.25, 0.3) is 11.1 Å². The van der Waals surface area contributed by atoms with Gasteiger partial charge in [-0.1, -0.05) is 29.3 Å². The van der Waals surface area contributed by atoms with E-state index < -0.39 is 22.9 Å². The molecule has 0 amide bonds. The minimum atomic E-state index is -4.65. The minimum absolute atomic E-state index is 0.0137. The maximum atomic E-state index is 12.9. The molecule has 1 N–H and O–H groups in total. The predicted molar refractivity (Wildman–Crippen MR) is 67.5 cm³/mol. The third-order valence-electron chi connectivity index (χ3n) is 2.47. The molecule has 0 saturated heterocycles. The normalized spacial score (nSPS) is 11.6. The molecule has 0 spiro atoms. The summed E-state index contributed by atoms with van der Waals surface area (Å²) in [5.74, 6) is 0. The largest absolute Gasteiger partial charge is 0.417 e. The third-order valence-corrected chi connectivity index (χ3v) is 3.01. The van der Waals surface area contributed by atoms with Gasteiger partial charge in [0, 0.05) is 16.8 Å². The number of pyridine rings is 1. The van der Waals surface area contributed by atoms with Gasteiger partial charge in [-0.15, -0.1) is 0 Å². The number of H-pyrrole nitrogens is 1. The molecule has 2 rings (SSSR count). The van der Waals surface area contributed by atoms with Crippen molar-refractivity contribution in [1.29, 1.82) is 0 Å². The van der Waals surface area contributed by atoms with Crippen molar-refractivity contribution < 1.29 is 13.2 Å². The average molecular weight is 308 g/mol. The zero-order chi connectivity index (χ0) is 14.2. The lowest BCUT2D eigenvalue weighted by Gasteiger charge is -2.12. The van der Waals surface area contributed by atoms with E-state index in [1.807, 2.05) is 0 Å². The van der Waals surface area contributed by atoms with E-state index in [-0.39, 0.29) is 15.6 Å². The van der Waals surface area contributed by atoms with Gasteiger partial charge in [-0.25, -0.2) is 0 Å². The molecule has 100 valence electrons. The number of hydrogen-bond donors (Lipinski definition) is 1. The standard InChI is InChI=1S/C12H6Cl2F3NO/c13-6-1-2-7(9(14)5-6)10-8(12(15,16)17)3-4-18-11(10)19/h1-5H,(H,18,19). The van der Waals surface area contributed by atoms with Gasteiger partial charge in [0.25, 0.3) is 5.56 Å². The van der Waals surface area contributed by atoms with Gasteiger partial charge in [0.05, 0.1) is 16.1 Å². The molecule has 0 unspecified atom stereocenters. The molecule has 19 heavy (non-hydrogen) atoms. The lowest BCUT2D eigenvalue weighted by Crippen LogP contribution is -2.17. The molecule has 2 nitrogen and oxygen atoms in total. The average Bonchev–Trinajstić information content (AvgIpc) is 2.28. The molecule has 0 aliphatic carbocycles. The summed E-state index contributed by atoms with van der Waals surface area (Å²) in [6.45, 7) is 0. The van der Waals surface area contributed by atoms with Crippen molar-refractivity contribution in [3.05, 3.63) is 56.4 Å². The second kappa shape index (κ2) is 4.90. The van der Waals surface area contributed by atoms with Gasteiger partial charge in [0.2, 0.25) is 0 Å². The number of halogens is 5. The Morgan fingerprint density at radius 2 is 1.79 bits per heavy atom. The molecular formula is C12H6Cl2F3NO. The van der Waals surface area contributed by atoms with E-state index in [1.165, 1.54) is 18.2 Å². The zero-order valence-electron chi connectivity index (χ0n) is 9.18. The third kappa shape index (κ3) is 2.77. The molecule has 0 bridgehead atoms. The fourth-order valence-electron chi connectivity index (χ4n) is 1.67. The quantitative estimate of drug-likeness (QED) is 0.834. The minimum Gasteiger partial charge on any atom is -0.329 e. The van der Waals surface area contributed by atoms with Gasteiger partial charge in [-0.05, 0) is 18.2 Å². The van der Waals surface area contributed by atoms with Gasteiger partial charge in [0.1, 0.15) is 0 Å². The first-order chi connectivity index (χ1) is 8.80. The molecule has 0 atom stereocenters. The Morgan fingerprint density at radius 3 is 2.37 bits per heavy atom. The first-order valence-electron chi connectivity index (χ1n) is 5.05. The first kappa shape index (κ1) is 14.0. The van der Waals surface area contributed by atoms with Crippen LogP contribution in [0, 0.1) is 0 Å². The Morgan fingerprint density at radius 1 is 1.11 bits per heavy atom. The Labute approximate surface area is 115 Å². The maximum absolute atomic E-state index is 12.9. The highest BCUT2D eigenvalue weighted by Gasteiger charge is 2.35. The fraction of sp³-hybridized carbons (Fsp3) is 0.0833. The van der Waals surface area contributed by atoms with Crippen molar-refractivity contribution >= 4 is 23.2 Å². The predicted octanol–water partition coefficient (Wildman–Crippen LogP) is 4.37. The van der Waals surface area contributed by atoms with Gasteiger partial charge < -0.3 is 4.98 Å². The molecular weight excluding hydrogens is 302 g/mol. The lowest BCUT2D eigenvalue weighted by atomic mass is 10.0. The number of aromatic amines is 1. The highest BCUT2D eigenvalue weighted by atomic mass is 35.5. The summed E-state index contributed by atoms with van der Waals surface area (Å²) >= 11 is 11.5. The SMILES string of the molecule is O=c1[nH]ccc(C(F)(F)F)c1-c1ccc(Cl)cc1Cl. The number of hydrogen-bond acceptors (Lipinski definition) is 1. The molecule has 2 aromatic rings. The van der Waals surface area contributed by atoms with Crippen molar-refractivity contribution in [1.82, 2.24) is 4.98 Å². The van der Waals surface area contributed by atoms with Crippen LogP contribution < -0.4 is 5.56 Å². The van der Waals surface area contributed by atoms with E-state index in [1.54, 1.807) is 0 Å². The Hall–Kier alpha value is -1.46. The van der Waals surface area contributed by atoms with Crippen LogP contribution in [0.1, 0.15) is 5.56 Å². The summed E-state index contributed by atoms with van der Waals surface area (Å²) in [5.41, 5.74) is -2.43. The van der Waals surface area contributed by atoms with Gasteiger partial charge >= 0.3 is 6.18 Å². The second-order valence-corrected chi connectivity index (χ2v) is 4.56. The van der Waals surface area contributed by atoms with E-state index in [9.17, 15) is 18.0 Å². The molecule has 0 saturated carbocycles. The summed E-state index contributed by atoms with van der Waals surface area (Å²) in [5, 5.41) is 0.254. The van der Waals surface area contributed by atoms with E-state index in [0.717, 1.165) is 12.3 Å². The molecule has 7 heteroatoms. The smallest absolute Gasteiger partial charge is 0.329 e. The molecule has 0 aliphatic heterocycles. The maximum Gasteiger partial charge on any atom is 0.417 e. The molecule has 1 heterocycles. The van der Waals surface area contributed by atoms with Crippen molar-refractivity contribution in [3.8, 4) is 11.1 Å². The Bertz CT molecular complexity index is 679. The van der Waals surface area contributed by atoms with Crippen LogP contribution in [0.2, 0.25) is 10.0 Å². The van der Waals surface area contributed by atoms with Gasteiger partial charge in [0.15, 0.2) is 0 Å². The van der Waals surface area contributed by atoms with E-state index >= 15 is 0 Å². The molecule has 0 radical (unpaired) electrons. The van der Waals surface area contributed by atoms with Crippen LogP contribution in [0.4, 0.5) is 13.2 Å². The molecule has 0 fully saturated rings. The van der Waals surface area contributed by atoms with Crippen molar-refractivity contribution in [2.45, 2.75) is 6.18 Å².